The van der Waals surface area contributed by atoms with E-state index in [9.17, 15) is 4.79 Å². The molecular weight excluding hydrogens is 386 g/mol. The molecule has 0 unspecified atom stereocenters. The van der Waals surface area contributed by atoms with Crippen LogP contribution in [-0.4, -0.2) is 38.8 Å². The molecular formula is C25H29N5O. The molecule has 6 heteroatoms. The lowest BCUT2D eigenvalue weighted by atomic mass is 9.74. The van der Waals surface area contributed by atoms with Gasteiger partial charge in [0.2, 0.25) is 5.91 Å². The topological polar surface area (TPSA) is 85.0 Å². The minimum absolute atomic E-state index is 0.218. The van der Waals surface area contributed by atoms with E-state index >= 15 is 0 Å². The van der Waals surface area contributed by atoms with Crippen molar-refractivity contribution < 1.29 is 4.79 Å². The Morgan fingerprint density at radius 2 is 1.87 bits per heavy atom. The lowest BCUT2D eigenvalue weighted by molar-refractivity contribution is -0.131. The molecule has 0 radical (unpaired) electrons. The van der Waals surface area contributed by atoms with Crippen LogP contribution in [0, 0.1) is 5.41 Å². The van der Waals surface area contributed by atoms with Gasteiger partial charge >= 0.3 is 0 Å². The van der Waals surface area contributed by atoms with Crippen molar-refractivity contribution in [2.45, 2.75) is 39.2 Å². The standard InChI is InChI=1S/C25H29N5O/c1-2-23-28-15-20(16-29-23)17-30-12-4-9-25(18-30,24(26)31)14-19-5-3-6-22(13-19)21-7-10-27-11-8-21/h3,5-8,10-11,13,15-16H,2,4,9,12,14,17-18H2,1H3,(H2,26,31)/t25-/m1/s1. The van der Waals surface area contributed by atoms with Crippen molar-refractivity contribution in [2.75, 3.05) is 13.1 Å². The second kappa shape index (κ2) is 9.35. The third kappa shape index (κ3) is 4.97. The number of nitrogens with zero attached hydrogens (tertiary/aromatic N) is 4. The second-order valence-electron chi connectivity index (χ2n) is 8.43. The minimum Gasteiger partial charge on any atom is -0.369 e. The predicted molar refractivity (Wildman–Crippen MR) is 121 cm³/mol. The normalized spacial score (nSPS) is 19.3. The molecule has 0 saturated carbocycles. The number of rotatable bonds is 7. The van der Waals surface area contributed by atoms with Crippen LogP contribution < -0.4 is 5.73 Å². The van der Waals surface area contributed by atoms with Crippen LogP contribution in [-0.2, 0) is 24.2 Å². The fourth-order valence-electron chi connectivity index (χ4n) is 4.49. The molecule has 0 aliphatic carbocycles. The van der Waals surface area contributed by atoms with E-state index in [1.54, 1.807) is 12.4 Å². The van der Waals surface area contributed by atoms with Crippen LogP contribution in [0.25, 0.3) is 11.1 Å². The zero-order valence-electron chi connectivity index (χ0n) is 18.0. The third-order valence-electron chi connectivity index (χ3n) is 6.14. The maximum absolute atomic E-state index is 12.7. The summed E-state index contributed by atoms with van der Waals surface area (Å²) in [6.07, 6.45) is 10.6. The van der Waals surface area contributed by atoms with Crippen LogP contribution in [0.15, 0.2) is 61.2 Å². The first-order chi connectivity index (χ1) is 15.1. The summed E-state index contributed by atoms with van der Waals surface area (Å²) in [4.78, 5) is 27.9. The summed E-state index contributed by atoms with van der Waals surface area (Å²) in [6.45, 7) is 4.37. The molecule has 31 heavy (non-hydrogen) atoms. The zero-order valence-corrected chi connectivity index (χ0v) is 18.0. The van der Waals surface area contributed by atoms with Gasteiger partial charge in [0.15, 0.2) is 0 Å². The van der Waals surface area contributed by atoms with E-state index in [-0.39, 0.29) is 5.91 Å². The number of benzene rings is 1. The lowest BCUT2D eigenvalue weighted by Gasteiger charge is -2.41. The summed E-state index contributed by atoms with van der Waals surface area (Å²) < 4.78 is 0. The Kier molecular flexibility index (Phi) is 6.37. The summed E-state index contributed by atoms with van der Waals surface area (Å²) in [7, 11) is 0. The Bertz CT molecular complexity index is 1020. The molecule has 1 atom stereocenters. The number of aromatic nitrogens is 3. The van der Waals surface area contributed by atoms with Crippen molar-refractivity contribution in [3.63, 3.8) is 0 Å². The number of pyridine rings is 1. The van der Waals surface area contributed by atoms with Crippen molar-refractivity contribution in [1.82, 2.24) is 19.9 Å². The van der Waals surface area contributed by atoms with Gasteiger partial charge in [0.1, 0.15) is 5.82 Å². The molecule has 2 aromatic heterocycles. The highest BCUT2D eigenvalue weighted by molar-refractivity contribution is 5.81. The number of piperidine rings is 1. The molecule has 1 aliphatic heterocycles. The predicted octanol–water partition coefficient (Wildman–Crippen LogP) is 3.41. The van der Waals surface area contributed by atoms with Crippen LogP contribution in [0.5, 0.6) is 0 Å². The fraction of sp³-hybridized carbons (Fsp3) is 0.360. The number of carbonyl (C=O) groups excluding carboxylic acids is 1. The minimum atomic E-state index is -0.570. The second-order valence-corrected chi connectivity index (χ2v) is 8.43. The molecule has 3 heterocycles. The number of aryl methyl sites for hydroxylation is 1. The smallest absolute Gasteiger partial charge is 0.225 e. The van der Waals surface area contributed by atoms with Crippen molar-refractivity contribution in [3.8, 4) is 11.1 Å². The van der Waals surface area contributed by atoms with Crippen LogP contribution in [0.1, 0.15) is 36.7 Å². The zero-order chi connectivity index (χ0) is 21.7. The first-order valence-corrected chi connectivity index (χ1v) is 10.9. The Balaban J connectivity index is 1.52. The highest BCUT2D eigenvalue weighted by Crippen LogP contribution is 2.35. The van der Waals surface area contributed by atoms with E-state index in [0.717, 1.165) is 60.4 Å². The number of hydrogen-bond acceptors (Lipinski definition) is 5. The van der Waals surface area contributed by atoms with Gasteiger partial charge in [-0.3, -0.25) is 14.7 Å². The SMILES string of the molecule is CCc1ncc(CN2CCC[C@](Cc3cccc(-c4ccncc4)c3)(C(N)=O)C2)cn1. The highest BCUT2D eigenvalue weighted by Gasteiger charge is 2.40. The molecule has 1 amide bonds. The van der Waals surface area contributed by atoms with Crippen LogP contribution in [0.3, 0.4) is 0 Å². The van der Waals surface area contributed by atoms with Crippen molar-refractivity contribution in [3.05, 3.63) is 78.1 Å². The number of carbonyl (C=O) groups is 1. The molecule has 0 bridgehead atoms. The van der Waals surface area contributed by atoms with Gasteiger partial charge < -0.3 is 5.73 Å². The molecule has 160 valence electrons. The maximum Gasteiger partial charge on any atom is 0.225 e. The quantitative estimate of drug-likeness (QED) is 0.639. The van der Waals surface area contributed by atoms with E-state index in [0.29, 0.717) is 13.0 Å². The molecule has 1 aliphatic rings. The highest BCUT2D eigenvalue weighted by atomic mass is 16.1. The molecule has 4 rings (SSSR count). The lowest BCUT2D eigenvalue weighted by Crippen LogP contribution is -2.51. The Hall–Kier alpha value is -3.12. The van der Waals surface area contributed by atoms with E-state index in [4.69, 9.17) is 5.73 Å². The van der Waals surface area contributed by atoms with Crippen LogP contribution >= 0.6 is 0 Å². The van der Waals surface area contributed by atoms with Gasteiger partial charge in [-0.15, -0.1) is 0 Å². The van der Waals surface area contributed by atoms with E-state index < -0.39 is 5.41 Å². The molecule has 6 nitrogen and oxygen atoms in total. The molecule has 2 N–H and O–H groups in total. The van der Waals surface area contributed by atoms with Gasteiger partial charge in [-0.25, -0.2) is 9.97 Å². The number of likely N-dealkylation sites (tertiary alicyclic amines) is 1. The third-order valence-corrected chi connectivity index (χ3v) is 6.14. The van der Waals surface area contributed by atoms with Crippen molar-refractivity contribution >= 4 is 5.91 Å². The van der Waals surface area contributed by atoms with Gasteiger partial charge in [0.25, 0.3) is 0 Å². The molecule has 0 spiro atoms. The van der Waals surface area contributed by atoms with E-state index in [1.807, 2.05) is 37.5 Å². The Morgan fingerprint density at radius 3 is 2.58 bits per heavy atom. The van der Waals surface area contributed by atoms with Crippen molar-refractivity contribution in [2.24, 2.45) is 11.1 Å². The van der Waals surface area contributed by atoms with Crippen LogP contribution in [0.2, 0.25) is 0 Å². The van der Waals surface area contributed by atoms with Gasteiger partial charge in [0.05, 0.1) is 5.41 Å². The molecule has 1 aromatic carbocycles. The average Bonchev–Trinajstić information content (AvgIpc) is 2.80. The largest absolute Gasteiger partial charge is 0.369 e. The van der Waals surface area contributed by atoms with E-state index in [1.165, 1.54) is 0 Å². The monoisotopic (exact) mass is 415 g/mol. The first-order valence-electron chi connectivity index (χ1n) is 10.9. The number of amides is 1. The van der Waals surface area contributed by atoms with Crippen LogP contribution in [0.4, 0.5) is 0 Å². The van der Waals surface area contributed by atoms with Gasteiger partial charge in [-0.05, 0) is 54.6 Å². The fourth-order valence-corrected chi connectivity index (χ4v) is 4.49. The summed E-state index contributed by atoms with van der Waals surface area (Å²) in [5, 5.41) is 0. The summed E-state index contributed by atoms with van der Waals surface area (Å²) in [5.74, 6) is 0.632. The van der Waals surface area contributed by atoms with Gasteiger partial charge in [0, 0.05) is 49.9 Å². The van der Waals surface area contributed by atoms with E-state index in [2.05, 4.69) is 38.1 Å². The number of primary amides is 1. The Labute approximate surface area is 183 Å². The molecule has 1 fully saturated rings. The van der Waals surface area contributed by atoms with Gasteiger partial charge in [-0.1, -0.05) is 31.2 Å². The molecule has 1 saturated heterocycles. The van der Waals surface area contributed by atoms with Gasteiger partial charge in [-0.2, -0.15) is 0 Å². The summed E-state index contributed by atoms with van der Waals surface area (Å²) >= 11 is 0. The number of hydrogen-bond donors (Lipinski definition) is 1. The molecule has 3 aromatic rings. The van der Waals surface area contributed by atoms with Crippen molar-refractivity contribution in [1.29, 1.82) is 0 Å². The maximum atomic E-state index is 12.7. The summed E-state index contributed by atoms with van der Waals surface area (Å²) in [6, 6.07) is 12.4. The average molecular weight is 416 g/mol. The number of nitrogens with two attached hydrogens (primary N) is 1. The Morgan fingerprint density at radius 1 is 1.10 bits per heavy atom. The summed E-state index contributed by atoms with van der Waals surface area (Å²) in [5.41, 5.74) is 9.86. The first kappa shape index (κ1) is 21.1.